The van der Waals surface area contributed by atoms with Crippen LogP contribution in [0.25, 0.3) is 0 Å². The summed E-state index contributed by atoms with van der Waals surface area (Å²) in [6.45, 7) is 1.71. The maximum absolute atomic E-state index is 12.9. The number of anilines is 1. The molecular weight excluding hydrogens is 255 g/mol. The molecule has 1 N–H and O–H groups in total. The molecule has 18 heavy (non-hydrogen) atoms. The summed E-state index contributed by atoms with van der Waals surface area (Å²) in [6, 6.07) is 7.34. The Bertz CT molecular complexity index is 601. The number of halogens is 2. The first-order valence-electron chi connectivity index (χ1n) is 5.26. The van der Waals surface area contributed by atoms with Gasteiger partial charge in [0.15, 0.2) is 0 Å². The van der Waals surface area contributed by atoms with Crippen LogP contribution in [-0.2, 0) is 0 Å². The van der Waals surface area contributed by atoms with Crippen molar-refractivity contribution in [2.45, 2.75) is 6.92 Å². The highest BCUT2D eigenvalue weighted by Crippen LogP contribution is 2.18. The number of carbonyl (C=O) groups is 1. The second-order valence-electron chi connectivity index (χ2n) is 3.76. The topological polar surface area (TPSA) is 42.0 Å². The lowest BCUT2D eigenvalue weighted by molar-refractivity contribution is 0.102. The predicted molar refractivity (Wildman–Crippen MR) is 68.3 cm³/mol. The Morgan fingerprint density at radius 1 is 1.39 bits per heavy atom. The highest BCUT2D eigenvalue weighted by molar-refractivity contribution is 6.33. The molecule has 0 aliphatic heterocycles. The van der Waals surface area contributed by atoms with Crippen LogP contribution in [0, 0.1) is 12.7 Å². The largest absolute Gasteiger partial charge is 0.322 e. The molecule has 0 aliphatic carbocycles. The van der Waals surface area contributed by atoms with Gasteiger partial charge < -0.3 is 5.32 Å². The van der Waals surface area contributed by atoms with Crippen LogP contribution in [0.2, 0.25) is 5.15 Å². The second kappa shape index (κ2) is 5.14. The molecule has 1 amide bonds. The number of pyridine rings is 1. The van der Waals surface area contributed by atoms with Gasteiger partial charge in [-0.1, -0.05) is 11.6 Å². The minimum Gasteiger partial charge on any atom is -0.322 e. The lowest BCUT2D eigenvalue weighted by Crippen LogP contribution is -2.13. The molecule has 0 spiro atoms. The Balaban J connectivity index is 2.24. The van der Waals surface area contributed by atoms with E-state index in [1.54, 1.807) is 19.1 Å². The number of benzene rings is 1. The predicted octanol–water partition coefficient (Wildman–Crippen LogP) is 3.43. The van der Waals surface area contributed by atoms with Crippen molar-refractivity contribution in [1.82, 2.24) is 4.98 Å². The number of aromatic nitrogens is 1. The summed E-state index contributed by atoms with van der Waals surface area (Å²) in [5.41, 5.74) is 1.47. The van der Waals surface area contributed by atoms with E-state index in [2.05, 4.69) is 10.3 Å². The quantitative estimate of drug-likeness (QED) is 0.845. The van der Waals surface area contributed by atoms with Crippen LogP contribution in [0.1, 0.15) is 15.9 Å². The Morgan fingerprint density at radius 3 is 2.83 bits per heavy atom. The first-order chi connectivity index (χ1) is 8.58. The van der Waals surface area contributed by atoms with Gasteiger partial charge in [0.2, 0.25) is 0 Å². The van der Waals surface area contributed by atoms with Crippen molar-refractivity contribution in [3.05, 3.63) is 58.6 Å². The van der Waals surface area contributed by atoms with Crippen molar-refractivity contribution in [3.63, 3.8) is 0 Å². The zero-order chi connectivity index (χ0) is 13.1. The number of hydrogen-bond donors (Lipinski definition) is 1. The summed E-state index contributed by atoms with van der Waals surface area (Å²) >= 11 is 5.82. The van der Waals surface area contributed by atoms with E-state index >= 15 is 0 Å². The zero-order valence-corrected chi connectivity index (χ0v) is 10.3. The molecule has 1 aromatic carbocycles. The lowest BCUT2D eigenvalue weighted by Gasteiger charge is -2.08. The maximum atomic E-state index is 12.9. The number of amides is 1. The molecule has 0 saturated carbocycles. The number of hydrogen-bond acceptors (Lipinski definition) is 2. The summed E-state index contributed by atoms with van der Waals surface area (Å²) in [6.07, 6.45) is 1.50. The molecule has 1 aromatic heterocycles. The minimum absolute atomic E-state index is 0.134. The molecule has 2 rings (SSSR count). The third-order valence-electron chi connectivity index (χ3n) is 2.44. The van der Waals surface area contributed by atoms with E-state index in [-0.39, 0.29) is 22.4 Å². The SMILES string of the molecule is Cc1cc(F)ccc1NC(=O)c1cccnc1Cl. The zero-order valence-electron chi connectivity index (χ0n) is 9.58. The molecule has 0 unspecified atom stereocenters. The molecule has 3 nitrogen and oxygen atoms in total. The summed E-state index contributed by atoms with van der Waals surface area (Å²) in [5, 5.41) is 2.80. The standard InChI is InChI=1S/C13H10ClFN2O/c1-8-7-9(15)4-5-11(8)17-13(18)10-3-2-6-16-12(10)14/h2-7H,1H3,(H,17,18). The van der Waals surface area contributed by atoms with Crippen molar-refractivity contribution < 1.29 is 9.18 Å². The fraction of sp³-hybridized carbons (Fsp3) is 0.0769. The third-order valence-corrected chi connectivity index (χ3v) is 2.74. The highest BCUT2D eigenvalue weighted by Gasteiger charge is 2.11. The molecule has 0 radical (unpaired) electrons. The van der Waals surface area contributed by atoms with Gasteiger partial charge in [-0.2, -0.15) is 0 Å². The van der Waals surface area contributed by atoms with Crippen LogP contribution in [0.5, 0.6) is 0 Å². The van der Waals surface area contributed by atoms with Crippen LogP contribution in [0.3, 0.4) is 0 Å². The van der Waals surface area contributed by atoms with Crippen molar-refractivity contribution >= 4 is 23.2 Å². The summed E-state index contributed by atoms with van der Waals surface area (Å²) in [5.74, 6) is -0.715. The Hall–Kier alpha value is -1.94. The molecule has 92 valence electrons. The van der Waals surface area contributed by atoms with Gasteiger partial charge in [0, 0.05) is 11.9 Å². The van der Waals surface area contributed by atoms with Gasteiger partial charge >= 0.3 is 0 Å². The van der Waals surface area contributed by atoms with E-state index in [4.69, 9.17) is 11.6 Å². The van der Waals surface area contributed by atoms with Gasteiger partial charge in [0.25, 0.3) is 5.91 Å². The van der Waals surface area contributed by atoms with Crippen molar-refractivity contribution in [1.29, 1.82) is 0 Å². The second-order valence-corrected chi connectivity index (χ2v) is 4.11. The first-order valence-corrected chi connectivity index (χ1v) is 5.64. The first kappa shape index (κ1) is 12.5. The number of aryl methyl sites for hydroxylation is 1. The summed E-state index contributed by atoms with van der Waals surface area (Å²) in [7, 11) is 0. The van der Waals surface area contributed by atoms with E-state index in [0.29, 0.717) is 11.3 Å². The van der Waals surface area contributed by atoms with Crippen LogP contribution in [0.15, 0.2) is 36.5 Å². The average Bonchev–Trinajstić information content (AvgIpc) is 2.33. The highest BCUT2D eigenvalue weighted by atomic mass is 35.5. The molecule has 1 heterocycles. The lowest BCUT2D eigenvalue weighted by atomic mass is 10.2. The minimum atomic E-state index is -0.372. The molecule has 0 fully saturated rings. The van der Waals surface area contributed by atoms with Crippen molar-refractivity contribution in [2.24, 2.45) is 0 Å². The molecule has 2 aromatic rings. The Kier molecular flexibility index (Phi) is 3.58. The van der Waals surface area contributed by atoms with Crippen LogP contribution in [-0.4, -0.2) is 10.9 Å². The van der Waals surface area contributed by atoms with Gasteiger partial charge in [0.1, 0.15) is 11.0 Å². The van der Waals surface area contributed by atoms with Gasteiger partial charge in [-0.25, -0.2) is 9.37 Å². The number of rotatable bonds is 2. The number of carbonyl (C=O) groups excluding carboxylic acids is 1. The van der Waals surface area contributed by atoms with Crippen LogP contribution >= 0.6 is 11.6 Å². The summed E-state index contributed by atoms with van der Waals surface area (Å²) < 4.78 is 12.9. The average molecular weight is 265 g/mol. The normalized spacial score (nSPS) is 10.2. The maximum Gasteiger partial charge on any atom is 0.258 e. The fourth-order valence-corrected chi connectivity index (χ4v) is 1.72. The number of nitrogens with zero attached hydrogens (tertiary/aromatic N) is 1. The molecule has 5 heteroatoms. The van der Waals surface area contributed by atoms with Gasteiger partial charge in [-0.05, 0) is 42.8 Å². The van der Waals surface area contributed by atoms with E-state index in [9.17, 15) is 9.18 Å². The molecular formula is C13H10ClFN2O. The van der Waals surface area contributed by atoms with Crippen molar-refractivity contribution in [3.8, 4) is 0 Å². The molecule has 0 atom stereocenters. The molecule has 0 aliphatic rings. The van der Waals surface area contributed by atoms with Gasteiger partial charge in [-0.15, -0.1) is 0 Å². The van der Waals surface area contributed by atoms with E-state index in [1.807, 2.05) is 0 Å². The smallest absolute Gasteiger partial charge is 0.258 e. The van der Waals surface area contributed by atoms with Crippen molar-refractivity contribution in [2.75, 3.05) is 5.32 Å². The molecule has 0 saturated heterocycles. The Labute approximate surface area is 109 Å². The third kappa shape index (κ3) is 2.65. The Morgan fingerprint density at radius 2 is 2.17 bits per heavy atom. The number of nitrogens with one attached hydrogen (secondary N) is 1. The molecule has 0 bridgehead atoms. The van der Waals surface area contributed by atoms with Gasteiger partial charge in [-0.3, -0.25) is 4.79 Å². The summed E-state index contributed by atoms with van der Waals surface area (Å²) in [4.78, 5) is 15.8. The van der Waals surface area contributed by atoms with Gasteiger partial charge in [0.05, 0.1) is 5.56 Å². The van der Waals surface area contributed by atoms with E-state index < -0.39 is 0 Å². The van der Waals surface area contributed by atoms with Crippen LogP contribution in [0.4, 0.5) is 10.1 Å². The monoisotopic (exact) mass is 264 g/mol. The van der Waals surface area contributed by atoms with E-state index in [0.717, 1.165) is 0 Å². The fourth-order valence-electron chi connectivity index (χ4n) is 1.51. The van der Waals surface area contributed by atoms with Crippen LogP contribution < -0.4 is 5.32 Å². The van der Waals surface area contributed by atoms with E-state index in [1.165, 1.54) is 24.4 Å².